The molecule has 1 unspecified atom stereocenters. The number of pyridine rings is 1. The molecular formula is C12H16N2O3. The Hall–Kier alpha value is -1.46. The molecule has 2 heterocycles. The Labute approximate surface area is 100 Å². The second-order valence-electron chi connectivity index (χ2n) is 3.98. The summed E-state index contributed by atoms with van der Waals surface area (Å²) in [6, 6.07) is 3.43. The van der Waals surface area contributed by atoms with Crippen molar-refractivity contribution in [2.45, 2.75) is 32.5 Å². The highest BCUT2D eigenvalue weighted by molar-refractivity contribution is 5.94. The maximum atomic E-state index is 11.8. The third-order valence-corrected chi connectivity index (χ3v) is 2.67. The summed E-state index contributed by atoms with van der Waals surface area (Å²) >= 11 is 0. The van der Waals surface area contributed by atoms with E-state index in [1.165, 1.54) is 0 Å². The number of carbonyl (C=O) groups is 1. The number of nitrogens with one attached hydrogen (secondary N) is 1. The summed E-state index contributed by atoms with van der Waals surface area (Å²) in [4.78, 5) is 21.0. The Morgan fingerprint density at radius 2 is 2.47 bits per heavy atom. The summed E-state index contributed by atoms with van der Waals surface area (Å²) in [5.41, 5.74) is 3.60. The molecule has 0 spiro atoms. The molecule has 92 valence electrons. The van der Waals surface area contributed by atoms with Gasteiger partial charge in [0, 0.05) is 19.2 Å². The summed E-state index contributed by atoms with van der Waals surface area (Å²) in [6.07, 6.45) is 4.25. The van der Waals surface area contributed by atoms with E-state index in [0.717, 1.165) is 19.3 Å². The minimum Gasteiger partial charge on any atom is -0.350 e. The van der Waals surface area contributed by atoms with Crippen LogP contribution in [0.1, 0.15) is 35.3 Å². The van der Waals surface area contributed by atoms with Crippen LogP contribution in [-0.2, 0) is 9.57 Å². The van der Waals surface area contributed by atoms with Gasteiger partial charge in [-0.15, -0.1) is 0 Å². The third-order valence-electron chi connectivity index (χ3n) is 2.67. The number of ether oxygens (including phenoxy) is 1. The number of hydroxylamine groups is 1. The van der Waals surface area contributed by atoms with Crippen molar-refractivity contribution in [2.24, 2.45) is 0 Å². The van der Waals surface area contributed by atoms with E-state index in [-0.39, 0.29) is 12.2 Å². The quantitative estimate of drug-likeness (QED) is 0.809. The SMILES string of the molecule is Cc1ncccc1C(=O)NOC1CCCCO1. The predicted molar refractivity (Wildman–Crippen MR) is 61.1 cm³/mol. The van der Waals surface area contributed by atoms with Gasteiger partial charge in [0.15, 0.2) is 6.29 Å². The fourth-order valence-electron chi connectivity index (χ4n) is 1.70. The Kier molecular flexibility index (Phi) is 4.06. The summed E-state index contributed by atoms with van der Waals surface area (Å²) in [6.45, 7) is 2.47. The van der Waals surface area contributed by atoms with Crippen LogP contribution in [0, 0.1) is 6.92 Å². The van der Waals surface area contributed by atoms with Gasteiger partial charge in [-0.2, -0.15) is 0 Å². The number of rotatable bonds is 3. The van der Waals surface area contributed by atoms with Crippen LogP contribution in [-0.4, -0.2) is 23.8 Å². The van der Waals surface area contributed by atoms with Crippen molar-refractivity contribution in [1.29, 1.82) is 0 Å². The number of amides is 1. The molecule has 0 radical (unpaired) electrons. The molecule has 1 N–H and O–H groups in total. The Bertz CT molecular complexity index is 389. The monoisotopic (exact) mass is 236 g/mol. The summed E-state index contributed by atoms with van der Waals surface area (Å²) in [5, 5.41) is 0. The summed E-state index contributed by atoms with van der Waals surface area (Å²) in [7, 11) is 0. The van der Waals surface area contributed by atoms with Gasteiger partial charge < -0.3 is 4.74 Å². The van der Waals surface area contributed by atoms with E-state index in [2.05, 4.69) is 10.5 Å². The molecule has 1 aliphatic rings. The topological polar surface area (TPSA) is 60.5 Å². The average molecular weight is 236 g/mol. The molecule has 1 aromatic heterocycles. The first-order chi connectivity index (χ1) is 8.27. The lowest BCUT2D eigenvalue weighted by Crippen LogP contribution is -2.33. The van der Waals surface area contributed by atoms with Gasteiger partial charge in [-0.25, -0.2) is 10.3 Å². The molecule has 1 fully saturated rings. The second-order valence-corrected chi connectivity index (χ2v) is 3.98. The van der Waals surface area contributed by atoms with E-state index in [1.807, 2.05) is 0 Å². The van der Waals surface area contributed by atoms with Crippen LogP contribution >= 0.6 is 0 Å². The molecular weight excluding hydrogens is 220 g/mol. The Morgan fingerprint density at radius 3 is 3.18 bits per heavy atom. The molecule has 2 rings (SSSR count). The summed E-state index contributed by atoms with van der Waals surface area (Å²) < 4.78 is 5.34. The van der Waals surface area contributed by atoms with Crippen LogP contribution < -0.4 is 5.48 Å². The lowest BCUT2D eigenvalue weighted by Gasteiger charge is -2.22. The first kappa shape index (κ1) is 12.0. The minimum absolute atomic E-state index is 0.287. The van der Waals surface area contributed by atoms with Gasteiger partial charge in [-0.1, -0.05) is 0 Å². The highest BCUT2D eigenvalue weighted by Gasteiger charge is 2.16. The maximum absolute atomic E-state index is 11.8. The van der Waals surface area contributed by atoms with E-state index in [1.54, 1.807) is 25.3 Å². The van der Waals surface area contributed by atoms with Gasteiger partial charge in [0.25, 0.3) is 5.91 Å². The molecule has 1 atom stereocenters. The molecule has 1 saturated heterocycles. The highest BCUT2D eigenvalue weighted by Crippen LogP contribution is 2.13. The summed E-state index contributed by atoms with van der Waals surface area (Å²) in [5.74, 6) is -0.287. The van der Waals surface area contributed by atoms with Crippen LogP contribution in [0.4, 0.5) is 0 Å². The van der Waals surface area contributed by atoms with Crippen LogP contribution in [0.5, 0.6) is 0 Å². The molecule has 5 nitrogen and oxygen atoms in total. The molecule has 5 heteroatoms. The zero-order valence-electron chi connectivity index (χ0n) is 9.81. The molecule has 0 aliphatic carbocycles. The van der Waals surface area contributed by atoms with E-state index < -0.39 is 0 Å². The standard InChI is InChI=1S/C12H16N2O3/c1-9-10(5-4-7-13-9)12(15)14-17-11-6-2-3-8-16-11/h4-5,7,11H,2-3,6,8H2,1H3,(H,14,15). The van der Waals surface area contributed by atoms with Crippen LogP contribution in [0.15, 0.2) is 18.3 Å². The number of aromatic nitrogens is 1. The Morgan fingerprint density at radius 1 is 1.59 bits per heavy atom. The largest absolute Gasteiger partial charge is 0.350 e. The van der Waals surface area contributed by atoms with Gasteiger partial charge in [0.2, 0.25) is 0 Å². The second kappa shape index (κ2) is 5.75. The highest BCUT2D eigenvalue weighted by atomic mass is 16.8. The van der Waals surface area contributed by atoms with Gasteiger partial charge in [-0.05, 0) is 31.9 Å². The molecule has 0 aromatic carbocycles. The van der Waals surface area contributed by atoms with Gasteiger partial charge in [-0.3, -0.25) is 9.78 Å². The Balaban J connectivity index is 1.87. The first-order valence-electron chi connectivity index (χ1n) is 5.76. The van der Waals surface area contributed by atoms with Crippen molar-refractivity contribution in [1.82, 2.24) is 10.5 Å². The molecule has 1 amide bonds. The van der Waals surface area contributed by atoms with Crippen molar-refractivity contribution in [3.63, 3.8) is 0 Å². The van der Waals surface area contributed by atoms with Crippen LogP contribution in [0.25, 0.3) is 0 Å². The van der Waals surface area contributed by atoms with Crippen LogP contribution in [0.3, 0.4) is 0 Å². The number of aryl methyl sites for hydroxylation is 1. The van der Waals surface area contributed by atoms with E-state index in [4.69, 9.17) is 9.57 Å². The fourth-order valence-corrected chi connectivity index (χ4v) is 1.70. The van der Waals surface area contributed by atoms with Gasteiger partial charge in [0.05, 0.1) is 11.3 Å². The van der Waals surface area contributed by atoms with E-state index in [0.29, 0.717) is 17.9 Å². The van der Waals surface area contributed by atoms with Crippen molar-refractivity contribution < 1.29 is 14.4 Å². The van der Waals surface area contributed by atoms with Gasteiger partial charge >= 0.3 is 0 Å². The first-order valence-corrected chi connectivity index (χ1v) is 5.76. The molecule has 1 aliphatic heterocycles. The van der Waals surface area contributed by atoms with Crippen molar-refractivity contribution >= 4 is 5.91 Å². The minimum atomic E-state index is -0.329. The van der Waals surface area contributed by atoms with E-state index in [9.17, 15) is 4.79 Å². The molecule has 1 aromatic rings. The number of carbonyl (C=O) groups excluding carboxylic acids is 1. The fraction of sp³-hybridized carbons (Fsp3) is 0.500. The number of nitrogens with zero attached hydrogens (tertiary/aromatic N) is 1. The normalized spacial score (nSPS) is 19.9. The third kappa shape index (κ3) is 3.25. The lowest BCUT2D eigenvalue weighted by atomic mass is 10.2. The van der Waals surface area contributed by atoms with Crippen LogP contribution in [0.2, 0.25) is 0 Å². The van der Waals surface area contributed by atoms with Crippen molar-refractivity contribution in [3.8, 4) is 0 Å². The number of hydrogen-bond donors (Lipinski definition) is 1. The molecule has 0 saturated carbocycles. The average Bonchev–Trinajstić information content (AvgIpc) is 2.38. The molecule has 0 bridgehead atoms. The van der Waals surface area contributed by atoms with Crippen molar-refractivity contribution in [3.05, 3.63) is 29.6 Å². The van der Waals surface area contributed by atoms with E-state index >= 15 is 0 Å². The predicted octanol–water partition coefficient (Wildman–Crippen LogP) is 1.58. The number of hydrogen-bond acceptors (Lipinski definition) is 4. The zero-order valence-corrected chi connectivity index (χ0v) is 9.81. The molecule has 17 heavy (non-hydrogen) atoms. The van der Waals surface area contributed by atoms with Crippen molar-refractivity contribution in [2.75, 3.05) is 6.61 Å². The lowest BCUT2D eigenvalue weighted by molar-refractivity contribution is -0.186. The maximum Gasteiger partial charge on any atom is 0.276 e. The van der Waals surface area contributed by atoms with Gasteiger partial charge in [0.1, 0.15) is 0 Å². The zero-order chi connectivity index (χ0) is 12.1. The smallest absolute Gasteiger partial charge is 0.276 e.